The molecule has 1 aliphatic rings. The first-order chi connectivity index (χ1) is 8.65. The van der Waals surface area contributed by atoms with E-state index in [1.54, 1.807) is 0 Å². The lowest BCUT2D eigenvalue weighted by Gasteiger charge is -2.30. The van der Waals surface area contributed by atoms with Gasteiger partial charge in [-0.05, 0) is 38.3 Å². The topological polar surface area (TPSA) is 43.7 Å². The maximum absolute atomic E-state index is 10.1. The van der Waals surface area contributed by atoms with Gasteiger partial charge in [0, 0.05) is 13.1 Å². The zero-order valence-corrected chi connectivity index (χ0v) is 11.0. The number of aryl methyl sites for hydroxylation is 1. The molecule has 1 aromatic rings. The van der Waals surface area contributed by atoms with Crippen LogP contribution in [0.5, 0.6) is 0 Å². The molecule has 3 nitrogen and oxygen atoms in total. The Morgan fingerprint density at radius 3 is 2.72 bits per heavy atom. The molecular formula is C15H23NO2. The largest absolute Gasteiger partial charge is 0.392 e. The van der Waals surface area contributed by atoms with Crippen molar-refractivity contribution in [1.29, 1.82) is 0 Å². The summed E-state index contributed by atoms with van der Waals surface area (Å²) >= 11 is 0. The number of nitrogens with zero attached hydrogens (tertiary/aromatic N) is 1. The van der Waals surface area contributed by atoms with E-state index in [-0.39, 0.29) is 6.10 Å². The fourth-order valence-corrected chi connectivity index (χ4v) is 2.49. The van der Waals surface area contributed by atoms with Crippen LogP contribution in [0, 0.1) is 6.92 Å². The van der Waals surface area contributed by atoms with E-state index in [2.05, 4.69) is 4.90 Å². The molecule has 0 aliphatic carbocycles. The number of β-amino-alcohol motifs (C(OH)–C–C–N with tert-alkyl or cyclic N) is 1. The molecule has 1 heterocycles. The Morgan fingerprint density at radius 1 is 1.33 bits per heavy atom. The number of benzene rings is 1. The molecule has 0 radical (unpaired) electrons. The van der Waals surface area contributed by atoms with Crippen molar-refractivity contribution in [1.82, 2.24) is 4.90 Å². The van der Waals surface area contributed by atoms with Crippen molar-refractivity contribution < 1.29 is 10.2 Å². The third kappa shape index (κ3) is 3.80. The van der Waals surface area contributed by atoms with E-state index in [0.717, 1.165) is 44.5 Å². The van der Waals surface area contributed by atoms with Crippen LogP contribution in [-0.2, 0) is 0 Å². The van der Waals surface area contributed by atoms with Crippen LogP contribution in [0.4, 0.5) is 0 Å². The van der Waals surface area contributed by atoms with Crippen molar-refractivity contribution in [2.24, 2.45) is 0 Å². The molecule has 0 spiro atoms. The second-order valence-corrected chi connectivity index (χ2v) is 5.31. The predicted octanol–water partition coefficient (Wildman–Crippen LogP) is 1.88. The molecule has 1 aromatic carbocycles. The molecule has 1 fully saturated rings. The normalized spacial score (nSPS) is 22.9. The zero-order chi connectivity index (χ0) is 13.0. The summed E-state index contributed by atoms with van der Waals surface area (Å²) in [4.78, 5) is 2.24. The highest BCUT2D eigenvalue weighted by molar-refractivity contribution is 5.23. The summed E-state index contributed by atoms with van der Waals surface area (Å²) in [6, 6.07) is 8.04. The number of piperidine rings is 1. The van der Waals surface area contributed by atoms with Gasteiger partial charge >= 0.3 is 0 Å². The van der Waals surface area contributed by atoms with Gasteiger partial charge in [-0.2, -0.15) is 0 Å². The van der Waals surface area contributed by atoms with Crippen molar-refractivity contribution in [3.05, 3.63) is 35.4 Å². The summed E-state index contributed by atoms with van der Waals surface area (Å²) in [6.07, 6.45) is 2.12. The van der Waals surface area contributed by atoms with Crippen LogP contribution in [0.1, 0.15) is 36.5 Å². The summed E-state index contributed by atoms with van der Waals surface area (Å²) in [5.74, 6) is 0. The fraction of sp³-hybridized carbons (Fsp3) is 0.600. The Labute approximate surface area is 109 Å². The SMILES string of the molecule is Cc1ccc(C(O)CCN2CCCC(O)C2)cc1. The van der Waals surface area contributed by atoms with Crippen molar-refractivity contribution in [2.75, 3.05) is 19.6 Å². The highest BCUT2D eigenvalue weighted by Gasteiger charge is 2.18. The summed E-state index contributed by atoms with van der Waals surface area (Å²) in [5, 5.41) is 19.7. The molecule has 18 heavy (non-hydrogen) atoms. The molecule has 100 valence electrons. The maximum Gasteiger partial charge on any atom is 0.0802 e. The van der Waals surface area contributed by atoms with Crippen LogP contribution in [0.2, 0.25) is 0 Å². The van der Waals surface area contributed by atoms with Crippen LogP contribution in [0.25, 0.3) is 0 Å². The van der Waals surface area contributed by atoms with Gasteiger partial charge in [0.1, 0.15) is 0 Å². The third-order valence-electron chi connectivity index (χ3n) is 3.66. The third-order valence-corrected chi connectivity index (χ3v) is 3.66. The average Bonchev–Trinajstić information content (AvgIpc) is 2.37. The second kappa shape index (κ2) is 6.32. The van der Waals surface area contributed by atoms with Gasteiger partial charge in [0.2, 0.25) is 0 Å². The van der Waals surface area contributed by atoms with Gasteiger partial charge in [-0.25, -0.2) is 0 Å². The van der Waals surface area contributed by atoms with Gasteiger partial charge in [0.15, 0.2) is 0 Å². The summed E-state index contributed by atoms with van der Waals surface area (Å²) in [7, 11) is 0. The molecule has 2 unspecified atom stereocenters. The van der Waals surface area contributed by atoms with Gasteiger partial charge in [-0.15, -0.1) is 0 Å². The minimum Gasteiger partial charge on any atom is -0.392 e. The molecule has 0 bridgehead atoms. The van der Waals surface area contributed by atoms with E-state index < -0.39 is 6.10 Å². The van der Waals surface area contributed by atoms with E-state index in [4.69, 9.17) is 0 Å². The van der Waals surface area contributed by atoms with E-state index in [0.29, 0.717) is 0 Å². The van der Waals surface area contributed by atoms with Crippen LogP contribution in [-0.4, -0.2) is 40.9 Å². The molecule has 1 saturated heterocycles. The Morgan fingerprint density at radius 2 is 2.06 bits per heavy atom. The van der Waals surface area contributed by atoms with Crippen LogP contribution in [0.15, 0.2) is 24.3 Å². The number of aliphatic hydroxyl groups excluding tert-OH is 2. The second-order valence-electron chi connectivity index (χ2n) is 5.31. The standard InChI is InChI=1S/C15H23NO2/c1-12-4-6-13(7-5-12)15(18)8-10-16-9-2-3-14(17)11-16/h4-7,14-15,17-18H,2-3,8-11H2,1H3. The van der Waals surface area contributed by atoms with Gasteiger partial charge < -0.3 is 15.1 Å². The summed E-state index contributed by atoms with van der Waals surface area (Å²) in [5.41, 5.74) is 2.20. The Kier molecular flexibility index (Phi) is 4.75. The first-order valence-corrected chi connectivity index (χ1v) is 6.80. The monoisotopic (exact) mass is 249 g/mol. The number of likely N-dealkylation sites (tertiary alicyclic amines) is 1. The quantitative estimate of drug-likeness (QED) is 0.856. The molecule has 2 atom stereocenters. The highest BCUT2D eigenvalue weighted by atomic mass is 16.3. The fourth-order valence-electron chi connectivity index (χ4n) is 2.49. The number of rotatable bonds is 4. The molecule has 1 aliphatic heterocycles. The Hall–Kier alpha value is -0.900. The van der Waals surface area contributed by atoms with E-state index in [1.807, 2.05) is 31.2 Å². The van der Waals surface area contributed by atoms with Gasteiger partial charge in [-0.3, -0.25) is 0 Å². The first-order valence-electron chi connectivity index (χ1n) is 6.80. The van der Waals surface area contributed by atoms with E-state index in [1.165, 1.54) is 5.56 Å². The van der Waals surface area contributed by atoms with Gasteiger partial charge in [0.25, 0.3) is 0 Å². The minimum absolute atomic E-state index is 0.185. The van der Waals surface area contributed by atoms with Crippen molar-refractivity contribution in [3.8, 4) is 0 Å². The first kappa shape index (κ1) is 13.5. The van der Waals surface area contributed by atoms with Crippen molar-refractivity contribution >= 4 is 0 Å². The Balaban J connectivity index is 1.80. The molecule has 2 N–H and O–H groups in total. The highest BCUT2D eigenvalue weighted by Crippen LogP contribution is 2.19. The zero-order valence-electron chi connectivity index (χ0n) is 11.0. The van der Waals surface area contributed by atoms with Gasteiger partial charge in [0.05, 0.1) is 12.2 Å². The lowest BCUT2D eigenvalue weighted by atomic mass is 10.0. The lowest BCUT2D eigenvalue weighted by Crippen LogP contribution is -2.39. The predicted molar refractivity (Wildman–Crippen MR) is 72.4 cm³/mol. The summed E-state index contributed by atoms with van der Waals surface area (Å²) < 4.78 is 0. The van der Waals surface area contributed by atoms with Gasteiger partial charge in [-0.1, -0.05) is 29.8 Å². The van der Waals surface area contributed by atoms with Crippen molar-refractivity contribution in [2.45, 2.75) is 38.4 Å². The smallest absolute Gasteiger partial charge is 0.0802 e. The molecular weight excluding hydrogens is 226 g/mol. The van der Waals surface area contributed by atoms with Crippen LogP contribution >= 0.6 is 0 Å². The van der Waals surface area contributed by atoms with E-state index in [9.17, 15) is 10.2 Å². The molecule has 0 saturated carbocycles. The van der Waals surface area contributed by atoms with E-state index >= 15 is 0 Å². The maximum atomic E-state index is 10.1. The summed E-state index contributed by atoms with van der Waals surface area (Å²) in [6.45, 7) is 4.69. The lowest BCUT2D eigenvalue weighted by molar-refractivity contribution is 0.0590. The molecule has 3 heteroatoms. The average molecular weight is 249 g/mol. The molecule has 2 rings (SSSR count). The molecule has 0 amide bonds. The van der Waals surface area contributed by atoms with Crippen molar-refractivity contribution in [3.63, 3.8) is 0 Å². The van der Waals surface area contributed by atoms with Crippen LogP contribution < -0.4 is 0 Å². The van der Waals surface area contributed by atoms with Crippen LogP contribution in [0.3, 0.4) is 0 Å². The number of hydrogen-bond donors (Lipinski definition) is 2. The number of hydrogen-bond acceptors (Lipinski definition) is 3. The Bertz CT molecular complexity index is 363. The minimum atomic E-state index is -0.398. The number of aliphatic hydroxyl groups is 2. The molecule has 0 aromatic heterocycles.